The molecular weight excluding hydrogens is 194 g/mol. The number of nitrogens with one attached hydrogen (secondary N) is 2. The molecule has 0 radical (unpaired) electrons. The van der Waals surface area contributed by atoms with Crippen LogP contribution in [0, 0.1) is 0 Å². The molecule has 0 bridgehead atoms. The molecule has 1 heterocycles. The molecule has 2 N–H and O–H groups in total. The molecule has 0 saturated heterocycles. The zero-order chi connectivity index (χ0) is 11.3. The predicted molar refractivity (Wildman–Crippen MR) is 57.9 cm³/mol. The first-order valence-corrected chi connectivity index (χ1v) is 4.71. The van der Waals surface area contributed by atoms with Gasteiger partial charge in [0.25, 0.3) is 5.91 Å². The summed E-state index contributed by atoms with van der Waals surface area (Å²) in [6.45, 7) is 1.34. The maximum absolute atomic E-state index is 11.5. The lowest BCUT2D eigenvalue weighted by atomic mass is 10.2. The number of aromatic amines is 1. The van der Waals surface area contributed by atoms with E-state index in [-0.39, 0.29) is 11.5 Å². The number of hydrogen-bond acceptors (Lipinski definition) is 3. The van der Waals surface area contributed by atoms with Gasteiger partial charge in [-0.25, -0.2) is 0 Å². The van der Waals surface area contributed by atoms with Crippen LogP contribution in [0.5, 0.6) is 0 Å². The highest BCUT2D eigenvalue weighted by Gasteiger charge is 2.04. The molecule has 1 aromatic rings. The third kappa shape index (κ3) is 3.95. The average Bonchev–Trinajstić information content (AvgIpc) is 2.17. The summed E-state index contributed by atoms with van der Waals surface area (Å²) in [4.78, 5) is 26.9. The van der Waals surface area contributed by atoms with Crippen molar-refractivity contribution in [1.29, 1.82) is 0 Å². The van der Waals surface area contributed by atoms with E-state index >= 15 is 0 Å². The Morgan fingerprint density at radius 3 is 2.87 bits per heavy atom. The van der Waals surface area contributed by atoms with Gasteiger partial charge in [0.05, 0.1) is 0 Å². The number of nitrogens with zero attached hydrogens (tertiary/aromatic N) is 1. The van der Waals surface area contributed by atoms with E-state index in [0.717, 1.165) is 6.54 Å². The summed E-state index contributed by atoms with van der Waals surface area (Å²) < 4.78 is 0. The van der Waals surface area contributed by atoms with Crippen LogP contribution in [0.4, 0.5) is 0 Å². The molecule has 0 unspecified atom stereocenters. The SMILES string of the molecule is CN(C)CCNC(=O)c1cc[nH]c(=O)c1. The Balaban J connectivity index is 2.51. The van der Waals surface area contributed by atoms with Gasteiger partial charge in [-0.3, -0.25) is 9.59 Å². The quantitative estimate of drug-likeness (QED) is 0.713. The molecule has 0 aliphatic heterocycles. The van der Waals surface area contributed by atoms with Crippen LogP contribution in [0.2, 0.25) is 0 Å². The zero-order valence-electron chi connectivity index (χ0n) is 8.91. The number of rotatable bonds is 4. The molecular formula is C10H15N3O2. The van der Waals surface area contributed by atoms with Crippen LogP contribution in [0.15, 0.2) is 23.1 Å². The Morgan fingerprint density at radius 2 is 2.27 bits per heavy atom. The monoisotopic (exact) mass is 209 g/mol. The molecule has 1 amide bonds. The normalized spacial score (nSPS) is 10.3. The number of pyridine rings is 1. The summed E-state index contributed by atoms with van der Waals surface area (Å²) >= 11 is 0. The van der Waals surface area contributed by atoms with Gasteiger partial charge < -0.3 is 15.2 Å². The van der Waals surface area contributed by atoms with Gasteiger partial charge in [-0.05, 0) is 20.2 Å². The highest BCUT2D eigenvalue weighted by Crippen LogP contribution is 1.91. The number of H-pyrrole nitrogens is 1. The van der Waals surface area contributed by atoms with Crippen molar-refractivity contribution >= 4 is 5.91 Å². The second-order valence-electron chi connectivity index (χ2n) is 3.50. The first-order chi connectivity index (χ1) is 7.09. The molecule has 0 atom stereocenters. The number of aromatic nitrogens is 1. The summed E-state index contributed by atoms with van der Waals surface area (Å²) in [5.41, 5.74) is 0.118. The highest BCUT2D eigenvalue weighted by atomic mass is 16.2. The average molecular weight is 209 g/mol. The van der Waals surface area contributed by atoms with Crippen LogP contribution in [-0.2, 0) is 0 Å². The number of carbonyl (C=O) groups excluding carboxylic acids is 1. The Morgan fingerprint density at radius 1 is 1.53 bits per heavy atom. The van der Waals surface area contributed by atoms with Gasteiger partial charge in [0.2, 0.25) is 5.56 Å². The Bertz CT molecular complexity index is 384. The van der Waals surface area contributed by atoms with Gasteiger partial charge in [-0.15, -0.1) is 0 Å². The Labute approximate surface area is 88.1 Å². The van der Waals surface area contributed by atoms with Crippen molar-refractivity contribution in [3.8, 4) is 0 Å². The van der Waals surface area contributed by atoms with Crippen molar-refractivity contribution in [2.45, 2.75) is 0 Å². The lowest BCUT2D eigenvalue weighted by Gasteiger charge is -2.10. The largest absolute Gasteiger partial charge is 0.351 e. The van der Waals surface area contributed by atoms with Crippen LogP contribution in [0.1, 0.15) is 10.4 Å². The van der Waals surface area contributed by atoms with E-state index in [0.29, 0.717) is 12.1 Å². The Hall–Kier alpha value is -1.62. The minimum Gasteiger partial charge on any atom is -0.351 e. The van der Waals surface area contributed by atoms with Crippen molar-refractivity contribution in [3.63, 3.8) is 0 Å². The molecule has 0 fully saturated rings. The number of amides is 1. The summed E-state index contributed by atoms with van der Waals surface area (Å²) in [5.74, 6) is -0.219. The maximum Gasteiger partial charge on any atom is 0.251 e. The summed E-state index contributed by atoms with van der Waals surface area (Å²) in [5, 5.41) is 2.72. The number of likely N-dealkylation sites (N-methyl/N-ethyl adjacent to an activating group) is 1. The minimum atomic E-state index is -0.268. The number of hydrogen-bond donors (Lipinski definition) is 2. The molecule has 82 valence electrons. The van der Waals surface area contributed by atoms with Gasteiger partial charge in [-0.2, -0.15) is 0 Å². The van der Waals surface area contributed by atoms with Crippen LogP contribution >= 0.6 is 0 Å². The third-order valence-electron chi connectivity index (χ3n) is 1.88. The molecule has 15 heavy (non-hydrogen) atoms. The molecule has 0 saturated carbocycles. The molecule has 5 heteroatoms. The van der Waals surface area contributed by atoms with Crippen molar-refractivity contribution in [2.24, 2.45) is 0 Å². The topological polar surface area (TPSA) is 65.2 Å². The van der Waals surface area contributed by atoms with Crippen molar-refractivity contribution in [1.82, 2.24) is 15.2 Å². The van der Waals surface area contributed by atoms with Crippen LogP contribution < -0.4 is 10.9 Å². The van der Waals surface area contributed by atoms with E-state index in [9.17, 15) is 9.59 Å². The summed E-state index contributed by atoms with van der Waals surface area (Å²) in [6.07, 6.45) is 1.46. The Kier molecular flexibility index (Phi) is 4.05. The van der Waals surface area contributed by atoms with E-state index < -0.39 is 0 Å². The molecule has 0 aromatic carbocycles. The van der Waals surface area contributed by atoms with E-state index in [2.05, 4.69) is 10.3 Å². The van der Waals surface area contributed by atoms with Crippen LogP contribution in [0.25, 0.3) is 0 Å². The van der Waals surface area contributed by atoms with Crippen molar-refractivity contribution in [3.05, 3.63) is 34.2 Å². The van der Waals surface area contributed by atoms with E-state index in [4.69, 9.17) is 0 Å². The fraction of sp³-hybridized carbons (Fsp3) is 0.400. The minimum absolute atomic E-state index is 0.219. The fourth-order valence-corrected chi connectivity index (χ4v) is 1.08. The number of carbonyl (C=O) groups is 1. The molecule has 1 rings (SSSR count). The van der Waals surface area contributed by atoms with Gasteiger partial charge in [0, 0.05) is 30.9 Å². The second-order valence-corrected chi connectivity index (χ2v) is 3.50. The molecule has 0 spiro atoms. The fourth-order valence-electron chi connectivity index (χ4n) is 1.08. The summed E-state index contributed by atoms with van der Waals surface area (Å²) in [7, 11) is 3.86. The van der Waals surface area contributed by atoms with Crippen LogP contribution in [-0.4, -0.2) is 43.0 Å². The smallest absolute Gasteiger partial charge is 0.251 e. The van der Waals surface area contributed by atoms with Crippen LogP contribution in [0.3, 0.4) is 0 Å². The summed E-state index contributed by atoms with van der Waals surface area (Å²) in [6, 6.07) is 2.86. The molecule has 5 nitrogen and oxygen atoms in total. The van der Waals surface area contributed by atoms with Gasteiger partial charge in [0.1, 0.15) is 0 Å². The first kappa shape index (κ1) is 11.5. The molecule has 1 aromatic heterocycles. The second kappa shape index (κ2) is 5.31. The van der Waals surface area contributed by atoms with Gasteiger partial charge in [-0.1, -0.05) is 0 Å². The maximum atomic E-state index is 11.5. The standard InChI is InChI=1S/C10H15N3O2/c1-13(2)6-5-12-10(15)8-3-4-11-9(14)7-8/h3-4,7H,5-6H2,1-2H3,(H,11,14)(H,12,15). The van der Waals surface area contributed by atoms with Gasteiger partial charge in [0.15, 0.2) is 0 Å². The lowest BCUT2D eigenvalue weighted by molar-refractivity contribution is 0.0951. The highest BCUT2D eigenvalue weighted by molar-refractivity contribution is 5.93. The molecule has 0 aliphatic rings. The van der Waals surface area contributed by atoms with E-state index in [1.54, 1.807) is 6.07 Å². The van der Waals surface area contributed by atoms with Crippen molar-refractivity contribution in [2.75, 3.05) is 27.2 Å². The van der Waals surface area contributed by atoms with Crippen molar-refractivity contribution < 1.29 is 4.79 Å². The predicted octanol–water partition coefficient (Wildman–Crippen LogP) is -0.334. The van der Waals surface area contributed by atoms with E-state index in [1.165, 1.54) is 12.3 Å². The van der Waals surface area contributed by atoms with Gasteiger partial charge >= 0.3 is 0 Å². The lowest BCUT2D eigenvalue weighted by Crippen LogP contribution is -2.31. The third-order valence-corrected chi connectivity index (χ3v) is 1.88. The molecule has 0 aliphatic carbocycles. The first-order valence-electron chi connectivity index (χ1n) is 4.71. The zero-order valence-corrected chi connectivity index (χ0v) is 8.91. The van der Waals surface area contributed by atoms with E-state index in [1.807, 2.05) is 19.0 Å².